The van der Waals surface area contributed by atoms with E-state index >= 15 is 0 Å². The maximum Gasteiger partial charge on any atom is 0.0883 e. The summed E-state index contributed by atoms with van der Waals surface area (Å²) in [6.07, 6.45) is 1.25. The van der Waals surface area contributed by atoms with Crippen LogP contribution in [0.1, 0.15) is 40.5 Å². The van der Waals surface area contributed by atoms with E-state index in [4.69, 9.17) is 5.11 Å². The van der Waals surface area contributed by atoms with E-state index in [1.54, 1.807) is 0 Å². The van der Waals surface area contributed by atoms with E-state index in [0.29, 0.717) is 0 Å². The van der Waals surface area contributed by atoms with Gasteiger partial charge in [-0.3, -0.25) is 0 Å². The zero-order chi connectivity index (χ0) is 9.78. The molecule has 0 fully saturated rings. The largest absolute Gasteiger partial charge is 0.392 e. The van der Waals surface area contributed by atoms with Crippen molar-refractivity contribution in [3.05, 3.63) is 6.61 Å². The Morgan fingerprint density at radius 2 is 1.92 bits per heavy atom. The zero-order valence-electron chi connectivity index (χ0n) is 8.54. The SMILES string of the molecule is CCC(C)C(O)C(C)([CH]O)CC. The first kappa shape index (κ1) is 11.9. The maximum absolute atomic E-state index is 9.85. The van der Waals surface area contributed by atoms with Crippen LogP contribution in [0, 0.1) is 17.9 Å². The van der Waals surface area contributed by atoms with E-state index in [9.17, 15) is 5.11 Å². The Kier molecular flexibility index (Phi) is 4.80. The molecule has 0 rings (SSSR count). The second-order valence-corrected chi connectivity index (χ2v) is 3.82. The van der Waals surface area contributed by atoms with Crippen LogP contribution in [0.15, 0.2) is 0 Å². The van der Waals surface area contributed by atoms with Crippen LogP contribution < -0.4 is 0 Å². The molecule has 0 aliphatic carbocycles. The van der Waals surface area contributed by atoms with E-state index in [0.717, 1.165) is 19.4 Å². The van der Waals surface area contributed by atoms with Crippen LogP contribution in [0.2, 0.25) is 0 Å². The summed E-state index contributed by atoms with van der Waals surface area (Å²) in [5, 5.41) is 18.9. The van der Waals surface area contributed by atoms with Gasteiger partial charge in [0.25, 0.3) is 0 Å². The Morgan fingerprint density at radius 3 is 2.17 bits per heavy atom. The van der Waals surface area contributed by atoms with Gasteiger partial charge in [0.05, 0.1) is 12.7 Å². The van der Waals surface area contributed by atoms with Gasteiger partial charge < -0.3 is 10.2 Å². The lowest BCUT2D eigenvalue weighted by atomic mass is 9.76. The van der Waals surface area contributed by atoms with Gasteiger partial charge in [0, 0.05) is 5.41 Å². The smallest absolute Gasteiger partial charge is 0.0883 e. The fourth-order valence-electron chi connectivity index (χ4n) is 1.25. The maximum atomic E-state index is 9.85. The van der Waals surface area contributed by atoms with Crippen molar-refractivity contribution in [1.82, 2.24) is 0 Å². The summed E-state index contributed by atoms with van der Waals surface area (Å²) >= 11 is 0. The first-order valence-corrected chi connectivity index (χ1v) is 4.68. The standard InChI is InChI=1S/C10H21O2/c1-5-8(3)9(12)10(4,6-2)7-11/h7-9,11-12H,5-6H2,1-4H3. The molecule has 73 valence electrons. The zero-order valence-corrected chi connectivity index (χ0v) is 8.54. The van der Waals surface area contributed by atoms with Gasteiger partial charge in [-0.05, 0) is 12.3 Å². The molecule has 0 aromatic heterocycles. The summed E-state index contributed by atoms with van der Waals surface area (Å²) in [5.74, 6) is 0.235. The van der Waals surface area contributed by atoms with E-state index < -0.39 is 11.5 Å². The summed E-state index contributed by atoms with van der Waals surface area (Å²) in [5.41, 5.74) is -0.449. The van der Waals surface area contributed by atoms with Crippen LogP contribution in [0.3, 0.4) is 0 Å². The van der Waals surface area contributed by atoms with Crippen LogP contribution in [0.4, 0.5) is 0 Å². The van der Waals surface area contributed by atoms with Gasteiger partial charge in [-0.25, -0.2) is 0 Å². The average Bonchev–Trinajstić information content (AvgIpc) is 2.14. The average molecular weight is 173 g/mol. The molecule has 3 unspecified atom stereocenters. The molecule has 0 spiro atoms. The van der Waals surface area contributed by atoms with Gasteiger partial charge in [0.15, 0.2) is 0 Å². The van der Waals surface area contributed by atoms with Crippen molar-refractivity contribution < 1.29 is 10.2 Å². The highest BCUT2D eigenvalue weighted by atomic mass is 16.3. The van der Waals surface area contributed by atoms with E-state index in [1.165, 1.54) is 0 Å². The fourth-order valence-corrected chi connectivity index (χ4v) is 1.25. The van der Waals surface area contributed by atoms with Crippen LogP contribution in [-0.2, 0) is 0 Å². The lowest BCUT2D eigenvalue weighted by Gasteiger charge is -2.34. The molecule has 0 aromatic carbocycles. The number of aliphatic hydroxyl groups excluding tert-OH is 2. The van der Waals surface area contributed by atoms with Crippen LogP contribution in [0.5, 0.6) is 0 Å². The summed E-state index contributed by atoms with van der Waals surface area (Å²) in [7, 11) is 0. The molecule has 0 saturated carbocycles. The second kappa shape index (κ2) is 4.83. The van der Waals surface area contributed by atoms with E-state index in [2.05, 4.69) is 0 Å². The molecule has 0 heterocycles. The third kappa shape index (κ3) is 2.46. The Hall–Kier alpha value is -0.0800. The van der Waals surface area contributed by atoms with Crippen molar-refractivity contribution in [2.75, 3.05) is 0 Å². The summed E-state index contributed by atoms with van der Waals surface area (Å²) < 4.78 is 0. The molecule has 2 heteroatoms. The predicted octanol–water partition coefficient (Wildman–Crippen LogP) is 2.34. The van der Waals surface area contributed by atoms with Crippen molar-refractivity contribution >= 4 is 0 Å². The van der Waals surface area contributed by atoms with Crippen molar-refractivity contribution in [2.45, 2.75) is 46.6 Å². The number of hydrogen-bond donors (Lipinski definition) is 2. The Labute approximate surface area is 75.6 Å². The van der Waals surface area contributed by atoms with Crippen LogP contribution >= 0.6 is 0 Å². The van der Waals surface area contributed by atoms with Crippen molar-refractivity contribution in [1.29, 1.82) is 0 Å². The first-order chi connectivity index (χ1) is 5.51. The van der Waals surface area contributed by atoms with Gasteiger partial charge >= 0.3 is 0 Å². The van der Waals surface area contributed by atoms with Gasteiger partial charge in [0.2, 0.25) is 0 Å². The molecular weight excluding hydrogens is 152 g/mol. The lowest BCUT2D eigenvalue weighted by Crippen LogP contribution is -2.37. The molecular formula is C10H21O2. The molecule has 0 bridgehead atoms. The Balaban J connectivity index is 4.29. The quantitative estimate of drug-likeness (QED) is 0.670. The number of aliphatic hydroxyl groups is 2. The van der Waals surface area contributed by atoms with E-state index in [1.807, 2.05) is 27.7 Å². The second-order valence-electron chi connectivity index (χ2n) is 3.82. The summed E-state index contributed by atoms with van der Waals surface area (Å²) in [4.78, 5) is 0. The normalized spacial score (nSPS) is 21.5. The minimum atomic E-state index is -0.449. The summed E-state index contributed by atoms with van der Waals surface area (Å²) in [6.45, 7) is 9.02. The predicted molar refractivity (Wildman–Crippen MR) is 50.1 cm³/mol. The van der Waals surface area contributed by atoms with Gasteiger partial charge in [-0.2, -0.15) is 0 Å². The minimum Gasteiger partial charge on any atom is -0.392 e. The Bertz CT molecular complexity index is 119. The molecule has 1 radical (unpaired) electrons. The monoisotopic (exact) mass is 173 g/mol. The molecule has 3 atom stereocenters. The first-order valence-electron chi connectivity index (χ1n) is 4.68. The van der Waals surface area contributed by atoms with Gasteiger partial charge in [-0.15, -0.1) is 0 Å². The molecule has 12 heavy (non-hydrogen) atoms. The van der Waals surface area contributed by atoms with Crippen molar-refractivity contribution in [2.24, 2.45) is 11.3 Å². The van der Waals surface area contributed by atoms with E-state index in [-0.39, 0.29) is 5.92 Å². The van der Waals surface area contributed by atoms with Gasteiger partial charge in [-0.1, -0.05) is 34.1 Å². The minimum absolute atomic E-state index is 0.235. The third-order valence-electron chi connectivity index (χ3n) is 2.92. The molecule has 0 aliphatic rings. The molecule has 2 N–H and O–H groups in total. The van der Waals surface area contributed by atoms with Crippen molar-refractivity contribution in [3.8, 4) is 0 Å². The molecule has 0 amide bonds. The highest BCUT2D eigenvalue weighted by Gasteiger charge is 2.33. The van der Waals surface area contributed by atoms with Crippen LogP contribution in [0.25, 0.3) is 0 Å². The van der Waals surface area contributed by atoms with Crippen molar-refractivity contribution in [3.63, 3.8) is 0 Å². The highest BCUT2D eigenvalue weighted by Crippen LogP contribution is 2.33. The fraction of sp³-hybridized carbons (Fsp3) is 0.900. The topological polar surface area (TPSA) is 40.5 Å². The lowest BCUT2D eigenvalue weighted by molar-refractivity contribution is -0.0123. The van der Waals surface area contributed by atoms with Gasteiger partial charge in [0.1, 0.15) is 0 Å². The van der Waals surface area contributed by atoms with Crippen LogP contribution in [-0.4, -0.2) is 16.3 Å². The molecule has 2 nitrogen and oxygen atoms in total. The summed E-state index contributed by atoms with van der Waals surface area (Å²) in [6, 6.07) is 0. The molecule has 0 aliphatic heterocycles. The highest BCUT2D eigenvalue weighted by molar-refractivity contribution is 4.89. The third-order valence-corrected chi connectivity index (χ3v) is 2.92. The Morgan fingerprint density at radius 1 is 1.42 bits per heavy atom. The molecule has 0 aromatic rings. The number of hydrogen-bond acceptors (Lipinski definition) is 2. The number of rotatable bonds is 5. The molecule has 0 saturated heterocycles.